The number of nitrogens with zero attached hydrogens (tertiary/aromatic N) is 2. The van der Waals surface area contributed by atoms with Gasteiger partial charge in [0.25, 0.3) is 5.91 Å². The molecule has 1 aliphatic heterocycles. The van der Waals surface area contributed by atoms with Gasteiger partial charge >= 0.3 is 0 Å². The van der Waals surface area contributed by atoms with E-state index in [1.807, 2.05) is 23.1 Å². The number of nitrogens with one attached hydrogen (secondary N) is 1. The van der Waals surface area contributed by atoms with Gasteiger partial charge in [0.2, 0.25) is 5.91 Å². The normalized spacial score (nSPS) is 17.9. The van der Waals surface area contributed by atoms with Crippen molar-refractivity contribution >= 4 is 45.0 Å². The number of para-hydroxylation sites is 1. The van der Waals surface area contributed by atoms with Gasteiger partial charge in [-0.05, 0) is 62.6 Å². The summed E-state index contributed by atoms with van der Waals surface area (Å²) in [7, 11) is 0. The Bertz CT molecular complexity index is 1000. The molecule has 2 aromatic carbocycles. The number of carbonyl (C=O) groups excluding carboxylic acids is 2. The van der Waals surface area contributed by atoms with Crippen molar-refractivity contribution in [2.24, 2.45) is 0 Å². The molecule has 1 fully saturated rings. The molecule has 150 valence electrons. The second-order valence-electron chi connectivity index (χ2n) is 7.27. The summed E-state index contributed by atoms with van der Waals surface area (Å²) in [4.78, 5) is 32.3. The average Bonchev–Trinajstić information content (AvgIpc) is 3.17. The Labute approximate surface area is 178 Å². The summed E-state index contributed by atoms with van der Waals surface area (Å²) in [6.45, 7) is 2.42. The maximum absolute atomic E-state index is 13.2. The molecule has 4 rings (SSSR count). The lowest BCUT2D eigenvalue weighted by Crippen LogP contribution is -2.49. The van der Waals surface area contributed by atoms with Gasteiger partial charge in [-0.25, -0.2) is 4.98 Å². The van der Waals surface area contributed by atoms with Crippen molar-refractivity contribution in [3.8, 4) is 0 Å². The summed E-state index contributed by atoms with van der Waals surface area (Å²) in [5.74, 6) is -0.354. The molecule has 7 heteroatoms. The van der Waals surface area contributed by atoms with E-state index in [-0.39, 0.29) is 17.9 Å². The first-order valence-electron chi connectivity index (χ1n) is 9.75. The van der Waals surface area contributed by atoms with Gasteiger partial charge < -0.3 is 10.2 Å². The molecule has 5 nitrogen and oxygen atoms in total. The van der Waals surface area contributed by atoms with Gasteiger partial charge in [0, 0.05) is 17.1 Å². The highest BCUT2D eigenvalue weighted by Crippen LogP contribution is 2.35. The Morgan fingerprint density at radius 1 is 1.17 bits per heavy atom. The molecule has 2 atom stereocenters. The molecule has 2 heterocycles. The van der Waals surface area contributed by atoms with Crippen LogP contribution in [0.25, 0.3) is 10.2 Å². The van der Waals surface area contributed by atoms with Gasteiger partial charge in [-0.1, -0.05) is 23.7 Å². The predicted octanol–water partition coefficient (Wildman–Crippen LogP) is 4.82. The van der Waals surface area contributed by atoms with Crippen molar-refractivity contribution in [3.63, 3.8) is 0 Å². The fraction of sp³-hybridized carbons (Fsp3) is 0.318. The molecular formula is C22H22ClN3O2S. The number of thiazole rings is 1. The van der Waals surface area contributed by atoms with E-state index in [2.05, 4.69) is 11.4 Å². The maximum Gasteiger partial charge on any atom is 0.251 e. The molecule has 2 amide bonds. The van der Waals surface area contributed by atoms with E-state index in [0.29, 0.717) is 17.1 Å². The number of hydrogen-bond donors (Lipinski definition) is 1. The van der Waals surface area contributed by atoms with Gasteiger partial charge in [-0.2, -0.15) is 0 Å². The third-order valence-electron chi connectivity index (χ3n) is 5.21. The molecule has 1 saturated heterocycles. The van der Waals surface area contributed by atoms with Gasteiger partial charge in [-0.3, -0.25) is 9.59 Å². The number of hydrogen-bond acceptors (Lipinski definition) is 4. The van der Waals surface area contributed by atoms with E-state index in [4.69, 9.17) is 16.6 Å². The maximum atomic E-state index is 13.2. The van der Waals surface area contributed by atoms with Crippen LogP contribution in [0.3, 0.4) is 0 Å². The average molecular weight is 428 g/mol. The summed E-state index contributed by atoms with van der Waals surface area (Å²) >= 11 is 7.52. The fourth-order valence-electron chi connectivity index (χ4n) is 3.68. The van der Waals surface area contributed by atoms with Crippen LogP contribution in [0.5, 0.6) is 0 Å². The third kappa shape index (κ3) is 4.28. The SMILES string of the molecule is CC(NC(=O)c1ccc(Cl)cc1)C(=O)N1CCCCC1c1nc2ccccc2s1. The predicted molar refractivity (Wildman–Crippen MR) is 116 cm³/mol. The van der Waals surface area contributed by atoms with Crippen LogP contribution in [0, 0.1) is 0 Å². The van der Waals surface area contributed by atoms with Crippen LogP contribution in [-0.4, -0.2) is 34.3 Å². The van der Waals surface area contributed by atoms with Gasteiger partial charge in [0.15, 0.2) is 0 Å². The van der Waals surface area contributed by atoms with Crippen molar-refractivity contribution in [2.75, 3.05) is 6.54 Å². The lowest BCUT2D eigenvalue weighted by atomic mass is 10.0. The number of likely N-dealkylation sites (tertiary alicyclic amines) is 1. The molecule has 1 aliphatic rings. The number of benzene rings is 2. The van der Waals surface area contributed by atoms with E-state index in [9.17, 15) is 9.59 Å². The minimum atomic E-state index is -0.617. The minimum Gasteiger partial charge on any atom is -0.341 e. The number of piperidine rings is 1. The van der Waals surface area contributed by atoms with Crippen molar-refractivity contribution in [2.45, 2.75) is 38.3 Å². The summed E-state index contributed by atoms with van der Waals surface area (Å²) in [5, 5.41) is 4.36. The molecule has 0 bridgehead atoms. The molecule has 1 N–H and O–H groups in total. The molecule has 0 radical (unpaired) electrons. The topological polar surface area (TPSA) is 62.3 Å². The summed E-state index contributed by atoms with van der Waals surface area (Å²) in [5.41, 5.74) is 1.45. The lowest BCUT2D eigenvalue weighted by molar-refractivity contribution is -0.136. The largest absolute Gasteiger partial charge is 0.341 e. The summed E-state index contributed by atoms with van der Waals surface area (Å²) in [6.07, 6.45) is 2.92. The quantitative estimate of drug-likeness (QED) is 0.649. The van der Waals surface area contributed by atoms with E-state index in [1.165, 1.54) is 0 Å². The highest BCUT2D eigenvalue weighted by molar-refractivity contribution is 7.18. The Morgan fingerprint density at radius 3 is 2.69 bits per heavy atom. The molecule has 1 aromatic heterocycles. The molecule has 29 heavy (non-hydrogen) atoms. The van der Waals surface area contributed by atoms with Gasteiger partial charge in [-0.15, -0.1) is 11.3 Å². The zero-order valence-corrected chi connectivity index (χ0v) is 17.7. The number of fused-ring (bicyclic) bond motifs is 1. The van der Waals surface area contributed by atoms with Gasteiger partial charge in [0.05, 0.1) is 16.3 Å². The van der Waals surface area contributed by atoms with Crippen LogP contribution in [-0.2, 0) is 4.79 Å². The number of halogens is 1. The molecule has 3 aromatic rings. The Hall–Kier alpha value is -2.44. The molecule has 0 saturated carbocycles. The number of rotatable bonds is 4. The Morgan fingerprint density at radius 2 is 1.93 bits per heavy atom. The Kier molecular flexibility index (Phi) is 5.83. The van der Waals surface area contributed by atoms with Crippen LogP contribution in [0.4, 0.5) is 0 Å². The van der Waals surface area contributed by atoms with E-state index >= 15 is 0 Å². The summed E-state index contributed by atoms with van der Waals surface area (Å²) in [6, 6.07) is 14.0. The van der Waals surface area contributed by atoms with E-state index in [1.54, 1.807) is 42.5 Å². The highest BCUT2D eigenvalue weighted by Gasteiger charge is 2.33. The first-order valence-corrected chi connectivity index (χ1v) is 10.9. The van der Waals surface area contributed by atoms with E-state index < -0.39 is 6.04 Å². The van der Waals surface area contributed by atoms with Crippen LogP contribution in [0.15, 0.2) is 48.5 Å². The molecule has 0 aliphatic carbocycles. The van der Waals surface area contributed by atoms with Crippen molar-refractivity contribution in [1.29, 1.82) is 0 Å². The minimum absolute atomic E-state index is 0.0384. The first-order chi connectivity index (χ1) is 14.0. The van der Waals surface area contributed by atoms with Crippen molar-refractivity contribution in [3.05, 3.63) is 64.1 Å². The number of carbonyl (C=O) groups is 2. The number of aromatic nitrogens is 1. The van der Waals surface area contributed by atoms with E-state index in [0.717, 1.165) is 34.5 Å². The third-order valence-corrected chi connectivity index (χ3v) is 6.60. The molecular weight excluding hydrogens is 406 g/mol. The molecule has 2 unspecified atom stereocenters. The number of amides is 2. The second-order valence-corrected chi connectivity index (χ2v) is 8.76. The van der Waals surface area contributed by atoms with Crippen molar-refractivity contribution < 1.29 is 9.59 Å². The molecule has 0 spiro atoms. The lowest BCUT2D eigenvalue weighted by Gasteiger charge is -2.36. The van der Waals surface area contributed by atoms with Gasteiger partial charge in [0.1, 0.15) is 11.0 Å². The highest BCUT2D eigenvalue weighted by atomic mass is 35.5. The fourth-order valence-corrected chi connectivity index (χ4v) is 4.92. The zero-order chi connectivity index (χ0) is 20.4. The van der Waals surface area contributed by atoms with Crippen LogP contribution in [0.2, 0.25) is 5.02 Å². The first kappa shape index (κ1) is 19.9. The monoisotopic (exact) mass is 427 g/mol. The van der Waals surface area contributed by atoms with Crippen LogP contribution in [0.1, 0.15) is 47.6 Å². The van der Waals surface area contributed by atoms with Crippen LogP contribution >= 0.6 is 22.9 Å². The zero-order valence-electron chi connectivity index (χ0n) is 16.1. The Balaban J connectivity index is 1.50. The standard InChI is InChI=1S/C22H22ClN3O2S/c1-14(24-20(27)15-9-11-16(23)12-10-15)22(28)26-13-5-4-7-18(26)21-25-17-6-2-3-8-19(17)29-21/h2-3,6,8-12,14,18H,4-5,7,13H2,1H3,(H,24,27). The van der Waals surface area contributed by atoms with Crippen LogP contribution < -0.4 is 5.32 Å². The summed E-state index contributed by atoms with van der Waals surface area (Å²) < 4.78 is 1.13. The smallest absolute Gasteiger partial charge is 0.251 e. The van der Waals surface area contributed by atoms with Crippen molar-refractivity contribution in [1.82, 2.24) is 15.2 Å². The second kappa shape index (κ2) is 8.51.